The summed E-state index contributed by atoms with van der Waals surface area (Å²) in [4.78, 5) is 15.8. The molecule has 0 saturated heterocycles. The van der Waals surface area contributed by atoms with E-state index in [1.54, 1.807) is 12.1 Å². The van der Waals surface area contributed by atoms with E-state index in [1.165, 1.54) is 37.6 Å². The molecule has 0 fully saturated rings. The third kappa shape index (κ3) is 4.85. The Morgan fingerprint density at radius 3 is 2.24 bits per heavy atom. The van der Waals surface area contributed by atoms with E-state index in [4.69, 9.17) is 4.74 Å². The lowest BCUT2D eigenvalue weighted by atomic mass is 10.2. The summed E-state index contributed by atoms with van der Waals surface area (Å²) < 4.78 is 58.0. The number of carbonyl (C=O) groups is 1. The predicted molar refractivity (Wildman–Crippen MR) is 102 cm³/mol. The van der Waals surface area contributed by atoms with Gasteiger partial charge in [0.15, 0.2) is 11.6 Å². The topological polar surface area (TPSA) is 97.4 Å². The summed E-state index contributed by atoms with van der Waals surface area (Å²) in [6, 6.07) is 11.0. The first kappa shape index (κ1) is 20.2. The van der Waals surface area contributed by atoms with Crippen molar-refractivity contribution in [2.24, 2.45) is 0 Å². The van der Waals surface area contributed by atoms with E-state index in [2.05, 4.69) is 15.0 Å². The fourth-order valence-corrected chi connectivity index (χ4v) is 3.40. The van der Waals surface area contributed by atoms with Crippen molar-refractivity contribution < 1.29 is 26.7 Å². The molecule has 0 aliphatic rings. The van der Waals surface area contributed by atoms with Gasteiger partial charge in [0.25, 0.3) is 15.9 Å². The van der Waals surface area contributed by atoms with E-state index in [1.807, 2.05) is 0 Å². The van der Waals surface area contributed by atoms with Crippen LogP contribution in [0.25, 0.3) is 0 Å². The fourth-order valence-electron chi connectivity index (χ4n) is 2.33. The third-order valence-electron chi connectivity index (χ3n) is 3.80. The van der Waals surface area contributed by atoms with Gasteiger partial charge in [-0.1, -0.05) is 0 Å². The van der Waals surface area contributed by atoms with Crippen LogP contribution in [-0.4, -0.2) is 26.4 Å². The Hall–Kier alpha value is -3.53. The van der Waals surface area contributed by atoms with Crippen molar-refractivity contribution in [3.8, 4) is 5.88 Å². The first-order chi connectivity index (χ1) is 13.8. The second kappa shape index (κ2) is 8.23. The molecule has 10 heteroatoms. The summed E-state index contributed by atoms with van der Waals surface area (Å²) in [5.41, 5.74) is 0.882. The highest BCUT2D eigenvalue weighted by Gasteiger charge is 2.17. The van der Waals surface area contributed by atoms with Gasteiger partial charge in [0.1, 0.15) is 0 Å². The van der Waals surface area contributed by atoms with Crippen LogP contribution in [0.4, 0.5) is 20.2 Å². The standard InChI is InChI=1S/C19H15F2N3O4S/c1-28-18-9-6-14(11-22-18)23-19(25)12-2-4-13(5-3-12)24-29(26,27)15-7-8-16(20)17(21)10-15/h2-11,24H,1H3,(H,23,25). The molecule has 0 bridgehead atoms. The number of nitrogens with zero attached hydrogens (tertiary/aromatic N) is 1. The number of amides is 1. The fraction of sp³-hybridized carbons (Fsp3) is 0.0526. The Kier molecular flexibility index (Phi) is 5.74. The summed E-state index contributed by atoms with van der Waals surface area (Å²) in [5, 5.41) is 2.64. The zero-order valence-corrected chi connectivity index (χ0v) is 15.8. The average Bonchev–Trinajstić information content (AvgIpc) is 2.70. The maximum absolute atomic E-state index is 13.3. The number of nitrogens with one attached hydrogen (secondary N) is 2. The van der Waals surface area contributed by atoms with Crippen molar-refractivity contribution in [2.45, 2.75) is 4.90 Å². The summed E-state index contributed by atoms with van der Waals surface area (Å²) >= 11 is 0. The Bertz CT molecular complexity index is 1140. The van der Waals surface area contributed by atoms with Crippen molar-refractivity contribution in [1.29, 1.82) is 0 Å². The Morgan fingerprint density at radius 2 is 1.66 bits per heavy atom. The second-order valence-electron chi connectivity index (χ2n) is 5.80. The van der Waals surface area contributed by atoms with Gasteiger partial charge in [-0.15, -0.1) is 0 Å². The van der Waals surface area contributed by atoms with Crippen molar-refractivity contribution in [3.05, 3.63) is 78.0 Å². The SMILES string of the molecule is COc1ccc(NC(=O)c2ccc(NS(=O)(=O)c3ccc(F)c(F)c3)cc2)cn1. The van der Waals surface area contributed by atoms with Gasteiger partial charge in [-0.05, 0) is 48.5 Å². The lowest BCUT2D eigenvalue weighted by molar-refractivity contribution is 0.102. The quantitative estimate of drug-likeness (QED) is 0.638. The van der Waals surface area contributed by atoms with E-state index in [0.29, 0.717) is 17.6 Å². The number of ether oxygens (including phenoxy) is 1. The number of carbonyl (C=O) groups excluding carboxylic acids is 1. The van der Waals surface area contributed by atoms with Crippen molar-refractivity contribution in [3.63, 3.8) is 0 Å². The number of anilines is 2. The maximum atomic E-state index is 13.3. The summed E-state index contributed by atoms with van der Waals surface area (Å²) in [5.74, 6) is -2.44. The predicted octanol–water partition coefficient (Wildman–Crippen LogP) is 3.42. The van der Waals surface area contributed by atoms with Gasteiger partial charge in [-0.3, -0.25) is 9.52 Å². The van der Waals surface area contributed by atoms with Crippen LogP contribution < -0.4 is 14.8 Å². The molecule has 150 valence electrons. The summed E-state index contributed by atoms with van der Waals surface area (Å²) in [7, 11) is -2.64. The molecule has 2 N–H and O–H groups in total. The van der Waals surface area contributed by atoms with E-state index < -0.39 is 32.5 Å². The van der Waals surface area contributed by atoms with Crippen LogP contribution in [0.5, 0.6) is 5.88 Å². The van der Waals surface area contributed by atoms with Crippen LogP contribution in [0.15, 0.2) is 65.7 Å². The average molecular weight is 419 g/mol. The molecule has 1 amide bonds. The summed E-state index contributed by atoms with van der Waals surface area (Å²) in [6.45, 7) is 0. The lowest BCUT2D eigenvalue weighted by Crippen LogP contribution is -2.14. The minimum Gasteiger partial charge on any atom is -0.481 e. The molecule has 2 aromatic carbocycles. The van der Waals surface area contributed by atoms with Gasteiger partial charge in [0.2, 0.25) is 5.88 Å². The molecule has 0 radical (unpaired) electrons. The molecule has 0 aliphatic carbocycles. The van der Waals surface area contributed by atoms with Gasteiger partial charge in [0.05, 0.1) is 23.9 Å². The van der Waals surface area contributed by atoms with E-state index in [9.17, 15) is 22.0 Å². The zero-order chi connectivity index (χ0) is 21.0. The number of benzene rings is 2. The Balaban J connectivity index is 1.70. The summed E-state index contributed by atoms with van der Waals surface area (Å²) in [6.07, 6.45) is 1.43. The van der Waals surface area contributed by atoms with E-state index in [-0.39, 0.29) is 11.3 Å². The van der Waals surface area contributed by atoms with Gasteiger partial charge < -0.3 is 10.1 Å². The van der Waals surface area contributed by atoms with Crippen LogP contribution >= 0.6 is 0 Å². The molecule has 0 unspecified atom stereocenters. The van der Waals surface area contributed by atoms with Gasteiger partial charge in [0, 0.05) is 17.3 Å². The van der Waals surface area contributed by atoms with Crippen LogP contribution in [0.3, 0.4) is 0 Å². The number of hydrogen-bond acceptors (Lipinski definition) is 5. The van der Waals surface area contributed by atoms with Crippen molar-refractivity contribution >= 4 is 27.3 Å². The number of sulfonamides is 1. The number of aromatic nitrogens is 1. The molecule has 0 spiro atoms. The molecule has 29 heavy (non-hydrogen) atoms. The molecule has 0 aliphatic heterocycles. The van der Waals surface area contributed by atoms with Crippen molar-refractivity contribution in [1.82, 2.24) is 4.98 Å². The highest BCUT2D eigenvalue weighted by atomic mass is 32.2. The molecule has 3 aromatic rings. The van der Waals surface area contributed by atoms with Gasteiger partial charge >= 0.3 is 0 Å². The number of methoxy groups -OCH3 is 1. The van der Waals surface area contributed by atoms with Gasteiger partial charge in [-0.25, -0.2) is 22.2 Å². The number of halogens is 2. The molecule has 3 rings (SSSR count). The molecule has 7 nitrogen and oxygen atoms in total. The highest BCUT2D eigenvalue weighted by Crippen LogP contribution is 2.19. The normalized spacial score (nSPS) is 11.0. The number of hydrogen-bond donors (Lipinski definition) is 2. The number of rotatable bonds is 6. The molecule has 1 heterocycles. The molecule has 1 aromatic heterocycles. The first-order valence-electron chi connectivity index (χ1n) is 8.18. The van der Waals surface area contributed by atoms with Crippen LogP contribution in [0.2, 0.25) is 0 Å². The largest absolute Gasteiger partial charge is 0.481 e. The lowest BCUT2D eigenvalue weighted by Gasteiger charge is -2.10. The van der Waals surface area contributed by atoms with Crippen LogP contribution in [0, 0.1) is 11.6 Å². The molecular weight excluding hydrogens is 404 g/mol. The maximum Gasteiger partial charge on any atom is 0.261 e. The number of pyridine rings is 1. The van der Waals surface area contributed by atoms with Crippen LogP contribution in [0.1, 0.15) is 10.4 Å². The van der Waals surface area contributed by atoms with Crippen LogP contribution in [-0.2, 0) is 10.0 Å². The molecule has 0 saturated carbocycles. The zero-order valence-electron chi connectivity index (χ0n) is 15.0. The minimum absolute atomic E-state index is 0.150. The highest BCUT2D eigenvalue weighted by molar-refractivity contribution is 7.92. The van der Waals surface area contributed by atoms with Crippen molar-refractivity contribution in [2.75, 3.05) is 17.1 Å². The monoisotopic (exact) mass is 419 g/mol. The Labute approximate surface area is 165 Å². The Morgan fingerprint density at radius 1 is 0.966 bits per heavy atom. The third-order valence-corrected chi connectivity index (χ3v) is 5.18. The van der Waals surface area contributed by atoms with E-state index in [0.717, 1.165) is 12.1 Å². The second-order valence-corrected chi connectivity index (χ2v) is 7.48. The van der Waals surface area contributed by atoms with Gasteiger partial charge in [-0.2, -0.15) is 0 Å². The van der Waals surface area contributed by atoms with E-state index >= 15 is 0 Å². The smallest absolute Gasteiger partial charge is 0.261 e. The first-order valence-corrected chi connectivity index (χ1v) is 9.66. The molecular formula is C19H15F2N3O4S. The minimum atomic E-state index is -4.12. The molecule has 0 atom stereocenters.